The lowest BCUT2D eigenvalue weighted by molar-refractivity contribution is -0.138. The molecule has 0 fully saturated rings. The highest BCUT2D eigenvalue weighted by Crippen LogP contribution is 2.35. The second-order valence-electron chi connectivity index (χ2n) is 6.53. The van der Waals surface area contributed by atoms with Gasteiger partial charge in [-0.25, -0.2) is 4.98 Å². The molecule has 0 atom stereocenters. The zero-order valence-electron chi connectivity index (χ0n) is 15.2. The van der Waals surface area contributed by atoms with Crippen molar-refractivity contribution in [2.45, 2.75) is 13.1 Å². The number of anilines is 1. The Bertz CT molecular complexity index is 1160. The zero-order valence-corrected chi connectivity index (χ0v) is 15.2. The molecule has 3 aromatic carbocycles. The number of fused-ring (bicyclic) bond motifs is 1. The molecule has 0 radical (unpaired) electrons. The van der Waals surface area contributed by atoms with Crippen LogP contribution in [0.5, 0.6) is 0 Å². The van der Waals surface area contributed by atoms with Crippen molar-refractivity contribution in [3.8, 4) is 22.8 Å². The molecule has 7 heteroatoms. The molecule has 4 rings (SSSR count). The average Bonchev–Trinajstić information content (AvgIpc) is 3.16. The van der Waals surface area contributed by atoms with Crippen LogP contribution in [0, 0.1) is 6.92 Å². The van der Waals surface area contributed by atoms with Crippen molar-refractivity contribution < 1.29 is 13.2 Å². The Morgan fingerprint density at radius 1 is 0.964 bits per heavy atom. The monoisotopic (exact) mass is 382 g/mol. The summed E-state index contributed by atoms with van der Waals surface area (Å²) in [6, 6.07) is 15.9. The average molecular weight is 382 g/mol. The third kappa shape index (κ3) is 3.19. The molecular formula is C21H17F3N4. The van der Waals surface area contributed by atoms with E-state index in [1.807, 2.05) is 43.4 Å². The van der Waals surface area contributed by atoms with Crippen LogP contribution in [0.1, 0.15) is 11.1 Å². The Morgan fingerprint density at radius 3 is 2.50 bits per heavy atom. The molecule has 28 heavy (non-hydrogen) atoms. The van der Waals surface area contributed by atoms with Gasteiger partial charge in [0, 0.05) is 29.2 Å². The summed E-state index contributed by atoms with van der Waals surface area (Å²) in [6.45, 7) is 1.44. The van der Waals surface area contributed by atoms with Crippen LogP contribution in [0.4, 0.5) is 18.9 Å². The molecule has 0 unspecified atom stereocenters. The number of aryl methyl sites for hydroxylation is 1. The van der Waals surface area contributed by atoms with Crippen LogP contribution < -0.4 is 5.32 Å². The van der Waals surface area contributed by atoms with Crippen LogP contribution in [0.25, 0.3) is 33.5 Å². The van der Waals surface area contributed by atoms with Gasteiger partial charge in [0.15, 0.2) is 11.6 Å². The molecule has 0 saturated heterocycles. The van der Waals surface area contributed by atoms with Gasteiger partial charge in [0.2, 0.25) is 0 Å². The molecule has 142 valence electrons. The molecule has 1 aromatic heterocycles. The van der Waals surface area contributed by atoms with Gasteiger partial charge in [0.1, 0.15) is 0 Å². The number of nitrogens with zero attached hydrogens (tertiary/aromatic N) is 2. The van der Waals surface area contributed by atoms with Crippen molar-refractivity contribution in [3.05, 3.63) is 65.7 Å². The molecule has 0 spiro atoms. The molecular weight excluding hydrogens is 365 g/mol. The normalized spacial score (nSPS) is 11.8. The van der Waals surface area contributed by atoms with Crippen LogP contribution in [-0.4, -0.2) is 22.2 Å². The Morgan fingerprint density at radius 2 is 1.75 bits per heavy atom. The number of rotatable bonds is 3. The van der Waals surface area contributed by atoms with E-state index in [2.05, 4.69) is 20.5 Å². The molecule has 2 N–H and O–H groups in total. The minimum absolute atomic E-state index is 0.171. The summed E-state index contributed by atoms with van der Waals surface area (Å²) in [5.41, 5.74) is 1.53. The van der Waals surface area contributed by atoms with Gasteiger partial charge in [-0.15, -0.1) is 0 Å². The number of halogens is 3. The summed E-state index contributed by atoms with van der Waals surface area (Å²) in [6.07, 6.45) is -4.41. The molecule has 0 aliphatic carbocycles. The number of hydrogen-bond donors (Lipinski definition) is 2. The number of hydrogen-bond acceptors (Lipinski definition) is 3. The summed E-state index contributed by atoms with van der Waals surface area (Å²) in [7, 11) is 1.83. The Kier molecular flexibility index (Phi) is 4.30. The maximum atomic E-state index is 13.2. The van der Waals surface area contributed by atoms with E-state index in [1.54, 1.807) is 6.07 Å². The van der Waals surface area contributed by atoms with Crippen LogP contribution in [-0.2, 0) is 6.18 Å². The Labute approximate surface area is 159 Å². The van der Waals surface area contributed by atoms with Crippen molar-refractivity contribution in [1.29, 1.82) is 0 Å². The van der Waals surface area contributed by atoms with Gasteiger partial charge in [-0.3, -0.25) is 5.10 Å². The number of benzene rings is 3. The maximum Gasteiger partial charge on any atom is 0.416 e. The first-order chi connectivity index (χ1) is 13.4. The minimum atomic E-state index is -4.41. The highest BCUT2D eigenvalue weighted by molar-refractivity contribution is 5.97. The van der Waals surface area contributed by atoms with Gasteiger partial charge in [-0.05, 0) is 36.1 Å². The van der Waals surface area contributed by atoms with Crippen molar-refractivity contribution >= 4 is 16.5 Å². The molecule has 1 heterocycles. The quantitative estimate of drug-likeness (QED) is 0.481. The van der Waals surface area contributed by atoms with Gasteiger partial charge >= 0.3 is 6.18 Å². The van der Waals surface area contributed by atoms with Crippen molar-refractivity contribution in [1.82, 2.24) is 15.2 Å². The van der Waals surface area contributed by atoms with Crippen molar-refractivity contribution in [3.63, 3.8) is 0 Å². The van der Waals surface area contributed by atoms with Gasteiger partial charge in [0.25, 0.3) is 0 Å². The lowest BCUT2D eigenvalue weighted by atomic mass is 10.0. The highest BCUT2D eigenvalue weighted by atomic mass is 19.4. The fourth-order valence-electron chi connectivity index (χ4n) is 3.24. The second kappa shape index (κ2) is 6.67. The van der Waals surface area contributed by atoms with E-state index in [1.165, 1.54) is 13.0 Å². The van der Waals surface area contributed by atoms with E-state index in [4.69, 9.17) is 0 Å². The number of H-pyrrole nitrogens is 1. The van der Waals surface area contributed by atoms with E-state index in [0.29, 0.717) is 17.2 Å². The van der Waals surface area contributed by atoms with Gasteiger partial charge in [-0.1, -0.05) is 36.4 Å². The zero-order chi connectivity index (χ0) is 19.9. The lowest BCUT2D eigenvalue weighted by Crippen LogP contribution is -2.07. The maximum absolute atomic E-state index is 13.2. The number of aromatic nitrogens is 3. The van der Waals surface area contributed by atoms with Gasteiger partial charge in [0.05, 0.1) is 5.56 Å². The third-order valence-corrected chi connectivity index (χ3v) is 4.69. The summed E-state index contributed by atoms with van der Waals surface area (Å²) < 4.78 is 39.6. The first-order valence-electron chi connectivity index (χ1n) is 8.68. The molecule has 4 nitrogen and oxygen atoms in total. The molecule has 0 amide bonds. The summed E-state index contributed by atoms with van der Waals surface area (Å²) >= 11 is 0. The summed E-state index contributed by atoms with van der Waals surface area (Å²) in [4.78, 5) is 4.42. The first-order valence-corrected chi connectivity index (χ1v) is 8.68. The highest BCUT2D eigenvalue weighted by Gasteiger charge is 2.32. The van der Waals surface area contributed by atoms with E-state index in [-0.39, 0.29) is 5.56 Å². The topological polar surface area (TPSA) is 53.6 Å². The fourth-order valence-corrected chi connectivity index (χ4v) is 3.24. The molecule has 0 bridgehead atoms. The Hall–Kier alpha value is -3.35. The summed E-state index contributed by atoms with van der Waals surface area (Å²) in [5.74, 6) is 0.714. The predicted octanol–water partition coefficient (Wildman–Crippen LogP) is 5.66. The van der Waals surface area contributed by atoms with Gasteiger partial charge < -0.3 is 5.32 Å². The van der Waals surface area contributed by atoms with E-state index >= 15 is 0 Å². The lowest BCUT2D eigenvalue weighted by Gasteiger charge is -2.11. The molecule has 4 aromatic rings. The largest absolute Gasteiger partial charge is 0.416 e. The van der Waals surface area contributed by atoms with Crippen molar-refractivity contribution in [2.75, 3.05) is 12.4 Å². The molecule has 0 aliphatic heterocycles. The Balaban J connectivity index is 1.78. The first kappa shape index (κ1) is 18.0. The number of nitrogens with one attached hydrogen (secondary N) is 2. The number of alkyl halides is 3. The number of aromatic amines is 1. The SMILES string of the molecule is CNc1cc(-c2n[nH]c(-c3ccc(C)c(C(F)(F)F)c3)n2)cc2ccccc12. The van der Waals surface area contributed by atoms with Crippen LogP contribution in [0.15, 0.2) is 54.6 Å². The fraction of sp³-hybridized carbons (Fsp3) is 0.143. The second-order valence-corrected chi connectivity index (χ2v) is 6.53. The van der Waals surface area contributed by atoms with E-state index in [0.717, 1.165) is 28.1 Å². The van der Waals surface area contributed by atoms with Gasteiger partial charge in [-0.2, -0.15) is 18.3 Å². The molecule has 0 aliphatic rings. The van der Waals surface area contributed by atoms with Crippen molar-refractivity contribution in [2.24, 2.45) is 0 Å². The van der Waals surface area contributed by atoms with E-state index < -0.39 is 11.7 Å². The van der Waals surface area contributed by atoms with E-state index in [9.17, 15) is 13.2 Å². The smallest absolute Gasteiger partial charge is 0.388 e. The molecule has 0 saturated carbocycles. The summed E-state index contributed by atoms with van der Waals surface area (Å²) in [5, 5.41) is 12.2. The predicted molar refractivity (Wildman–Crippen MR) is 104 cm³/mol. The minimum Gasteiger partial charge on any atom is -0.388 e. The van der Waals surface area contributed by atoms with Crippen LogP contribution in [0.3, 0.4) is 0 Å². The standard InChI is InChI=1S/C21H17F3N4/c1-12-7-8-14(10-17(12)21(22,23)24)19-26-20(28-27-19)15-9-13-5-3-4-6-16(13)18(11-15)25-2/h3-11,25H,1-2H3,(H,26,27,28). The van der Waals surface area contributed by atoms with Crippen LogP contribution in [0.2, 0.25) is 0 Å². The van der Waals surface area contributed by atoms with Crippen LogP contribution >= 0.6 is 0 Å². The third-order valence-electron chi connectivity index (χ3n) is 4.69.